The van der Waals surface area contributed by atoms with Crippen molar-refractivity contribution in [3.05, 3.63) is 89.4 Å². The van der Waals surface area contributed by atoms with Gasteiger partial charge in [0.25, 0.3) is 0 Å². The standard InChI is InChI=1S/C33H44N6/c1-9-24-19-31(38(8)18-17-37(6)7)29(34)20-30(24)35-23(5)36-32(26(10-2)22(3)4)28-21-39-16-12-14-25-13-11-15-27(28)33(25)39/h10-11,13,15,19-21,35H,3,5,9,12,14,16-18,34H2,1-2,4,6-8H3/b26-10-,36-32?. The first-order valence-electron chi connectivity index (χ1n) is 13.9. The van der Waals surface area contributed by atoms with E-state index in [0.717, 1.165) is 78.4 Å². The number of hydrogen-bond donors (Lipinski definition) is 2. The Labute approximate surface area is 234 Å². The van der Waals surface area contributed by atoms with Crippen LogP contribution in [0, 0.1) is 0 Å². The lowest BCUT2D eigenvalue weighted by Crippen LogP contribution is -2.29. The third kappa shape index (κ3) is 5.96. The van der Waals surface area contributed by atoms with Gasteiger partial charge >= 0.3 is 0 Å². The van der Waals surface area contributed by atoms with E-state index in [1.54, 1.807) is 0 Å². The number of allylic oxidation sites excluding steroid dienone is 3. The zero-order chi connectivity index (χ0) is 28.3. The van der Waals surface area contributed by atoms with E-state index in [9.17, 15) is 0 Å². The molecular formula is C33H44N6. The molecule has 0 fully saturated rings. The number of nitrogens with one attached hydrogen (secondary N) is 1. The lowest BCUT2D eigenvalue weighted by molar-refractivity contribution is 0.416. The maximum atomic E-state index is 6.55. The fourth-order valence-corrected chi connectivity index (χ4v) is 5.47. The first kappa shape index (κ1) is 28.2. The average molecular weight is 525 g/mol. The Kier molecular flexibility index (Phi) is 8.66. The zero-order valence-electron chi connectivity index (χ0n) is 24.6. The second-order valence-corrected chi connectivity index (χ2v) is 10.8. The summed E-state index contributed by atoms with van der Waals surface area (Å²) < 4.78 is 2.38. The SMILES string of the molecule is C=C(N=C(/C(=C\C)C(=C)C)c1cn2c3c(cccc13)CCC2)Nc1cc(N)c(N(C)CCN(C)C)cc1CC. The number of nitrogen functional groups attached to an aromatic ring is 1. The van der Waals surface area contributed by atoms with E-state index in [0.29, 0.717) is 5.82 Å². The Bertz CT molecular complexity index is 1450. The number of anilines is 3. The molecule has 4 rings (SSSR count). The van der Waals surface area contributed by atoms with Crippen molar-refractivity contribution < 1.29 is 0 Å². The number of aliphatic imine (C=N–C) groups is 1. The summed E-state index contributed by atoms with van der Waals surface area (Å²) in [5.74, 6) is 0.570. The molecule has 0 saturated carbocycles. The van der Waals surface area contributed by atoms with Gasteiger partial charge in [0.2, 0.25) is 0 Å². The predicted octanol–water partition coefficient (Wildman–Crippen LogP) is 6.62. The van der Waals surface area contributed by atoms with Gasteiger partial charge in [-0.3, -0.25) is 0 Å². The Balaban J connectivity index is 1.72. The summed E-state index contributed by atoms with van der Waals surface area (Å²) in [5.41, 5.74) is 17.1. The predicted molar refractivity (Wildman–Crippen MR) is 170 cm³/mol. The highest BCUT2D eigenvalue weighted by molar-refractivity contribution is 6.21. The average Bonchev–Trinajstić information content (AvgIpc) is 3.27. The van der Waals surface area contributed by atoms with Crippen LogP contribution in [0.15, 0.2) is 77.7 Å². The third-order valence-electron chi connectivity index (χ3n) is 7.54. The number of hydrogen-bond acceptors (Lipinski definition) is 5. The quantitative estimate of drug-likeness (QED) is 0.168. The van der Waals surface area contributed by atoms with E-state index in [1.807, 2.05) is 19.9 Å². The molecule has 6 nitrogen and oxygen atoms in total. The normalized spacial score (nSPS) is 13.7. The molecule has 2 aromatic carbocycles. The smallest absolute Gasteiger partial charge is 0.123 e. The topological polar surface area (TPSA) is 61.8 Å². The van der Waals surface area contributed by atoms with Crippen LogP contribution in [0.3, 0.4) is 0 Å². The van der Waals surface area contributed by atoms with Crippen molar-refractivity contribution in [3.63, 3.8) is 0 Å². The highest BCUT2D eigenvalue weighted by Crippen LogP contribution is 2.34. The van der Waals surface area contributed by atoms with Gasteiger partial charge in [0.15, 0.2) is 0 Å². The first-order valence-corrected chi connectivity index (χ1v) is 13.9. The molecule has 39 heavy (non-hydrogen) atoms. The number of nitrogens with two attached hydrogens (primary N) is 1. The summed E-state index contributed by atoms with van der Waals surface area (Å²) >= 11 is 0. The van der Waals surface area contributed by atoms with Crippen LogP contribution >= 0.6 is 0 Å². The molecule has 206 valence electrons. The summed E-state index contributed by atoms with van der Waals surface area (Å²) in [7, 11) is 6.26. The number of para-hydroxylation sites is 1. The Morgan fingerprint density at radius 2 is 1.95 bits per heavy atom. The third-order valence-corrected chi connectivity index (χ3v) is 7.54. The summed E-state index contributed by atoms with van der Waals surface area (Å²) in [6.07, 6.45) is 7.47. The molecule has 0 amide bonds. The second-order valence-electron chi connectivity index (χ2n) is 10.8. The summed E-state index contributed by atoms with van der Waals surface area (Å²) in [6.45, 7) is 17.7. The molecular weight excluding hydrogens is 480 g/mol. The largest absolute Gasteiger partial charge is 0.397 e. The van der Waals surface area contributed by atoms with Crippen molar-refractivity contribution in [1.29, 1.82) is 0 Å². The highest BCUT2D eigenvalue weighted by Gasteiger charge is 2.21. The van der Waals surface area contributed by atoms with Crippen molar-refractivity contribution in [1.82, 2.24) is 9.47 Å². The molecule has 2 heterocycles. The van der Waals surface area contributed by atoms with Crippen LogP contribution in [-0.2, 0) is 19.4 Å². The molecule has 0 spiro atoms. The maximum absolute atomic E-state index is 6.55. The van der Waals surface area contributed by atoms with Crippen molar-refractivity contribution in [3.8, 4) is 0 Å². The number of nitrogens with zero attached hydrogens (tertiary/aromatic N) is 4. The van der Waals surface area contributed by atoms with E-state index in [2.05, 4.69) is 97.4 Å². The van der Waals surface area contributed by atoms with Gasteiger partial charge in [-0.05, 0) is 81.6 Å². The van der Waals surface area contributed by atoms with Crippen LogP contribution in [0.1, 0.15) is 43.9 Å². The van der Waals surface area contributed by atoms with Crippen LogP contribution < -0.4 is 16.0 Å². The molecule has 1 aliphatic heterocycles. The minimum atomic E-state index is 0.570. The molecule has 3 aromatic rings. The highest BCUT2D eigenvalue weighted by atomic mass is 15.2. The van der Waals surface area contributed by atoms with Crippen LogP contribution in [0.2, 0.25) is 0 Å². The van der Waals surface area contributed by atoms with E-state index >= 15 is 0 Å². The number of rotatable bonds is 11. The fourth-order valence-electron chi connectivity index (χ4n) is 5.47. The summed E-state index contributed by atoms with van der Waals surface area (Å²) in [6, 6.07) is 10.8. The van der Waals surface area contributed by atoms with Crippen LogP contribution in [0.25, 0.3) is 10.9 Å². The van der Waals surface area contributed by atoms with Crippen molar-refractivity contribution in [2.75, 3.05) is 50.2 Å². The summed E-state index contributed by atoms with van der Waals surface area (Å²) in [4.78, 5) is 9.50. The molecule has 0 unspecified atom stereocenters. The van der Waals surface area contributed by atoms with Crippen LogP contribution in [0.4, 0.5) is 17.1 Å². The van der Waals surface area contributed by atoms with Gasteiger partial charge in [-0.15, -0.1) is 0 Å². The minimum absolute atomic E-state index is 0.570. The van der Waals surface area contributed by atoms with Crippen molar-refractivity contribution in [2.24, 2.45) is 4.99 Å². The van der Waals surface area contributed by atoms with E-state index in [4.69, 9.17) is 10.7 Å². The van der Waals surface area contributed by atoms with Crippen molar-refractivity contribution >= 4 is 33.7 Å². The van der Waals surface area contributed by atoms with Gasteiger partial charge in [0.1, 0.15) is 5.82 Å². The molecule has 1 aromatic heterocycles. The van der Waals surface area contributed by atoms with E-state index in [1.165, 1.54) is 22.0 Å². The zero-order valence-corrected chi connectivity index (χ0v) is 24.6. The van der Waals surface area contributed by atoms with E-state index in [-0.39, 0.29) is 0 Å². The molecule has 0 aliphatic carbocycles. The van der Waals surface area contributed by atoms with Gasteiger partial charge < -0.3 is 25.4 Å². The molecule has 0 saturated heterocycles. The number of aromatic nitrogens is 1. The second kappa shape index (κ2) is 12.0. The van der Waals surface area contributed by atoms with Gasteiger partial charge in [-0.2, -0.15) is 0 Å². The van der Waals surface area contributed by atoms with Crippen LogP contribution in [-0.4, -0.2) is 49.4 Å². The Morgan fingerprint density at radius 1 is 1.18 bits per heavy atom. The number of benzene rings is 2. The molecule has 6 heteroatoms. The molecule has 0 bridgehead atoms. The van der Waals surface area contributed by atoms with Gasteiger partial charge in [-0.25, -0.2) is 4.99 Å². The number of aryl methyl sites for hydroxylation is 3. The Hall–Kier alpha value is -3.77. The van der Waals surface area contributed by atoms with Crippen molar-refractivity contribution in [2.45, 2.75) is 46.6 Å². The molecule has 0 radical (unpaired) electrons. The first-order chi connectivity index (χ1) is 18.6. The minimum Gasteiger partial charge on any atom is -0.397 e. The fraction of sp³-hybridized carbons (Fsp3) is 0.364. The molecule has 0 atom stereocenters. The Morgan fingerprint density at radius 3 is 2.62 bits per heavy atom. The molecule has 3 N–H and O–H groups in total. The monoisotopic (exact) mass is 524 g/mol. The summed E-state index contributed by atoms with van der Waals surface area (Å²) in [5, 5.41) is 4.70. The van der Waals surface area contributed by atoms with E-state index < -0.39 is 0 Å². The lowest BCUT2D eigenvalue weighted by Gasteiger charge is -2.25. The number of likely N-dealkylation sites (N-methyl/N-ethyl adjacent to an activating group) is 2. The van der Waals surface area contributed by atoms with Gasteiger partial charge in [0, 0.05) is 49.5 Å². The lowest BCUT2D eigenvalue weighted by atomic mass is 9.95. The van der Waals surface area contributed by atoms with Gasteiger partial charge in [0.05, 0.1) is 22.6 Å². The van der Waals surface area contributed by atoms with Crippen LogP contribution in [0.5, 0.6) is 0 Å². The maximum Gasteiger partial charge on any atom is 0.123 e. The molecule has 1 aliphatic rings. The van der Waals surface area contributed by atoms with Gasteiger partial charge in [-0.1, -0.05) is 44.4 Å².